The van der Waals surface area contributed by atoms with Crippen molar-refractivity contribution in [3.63, 3.8) is 0 Å². The van der Waals surface area contributed by atoms with Gasteiger partial charge < -0.3 is 34.3 Å². The maximum Gasteiger partial charge on any atom is 0.141 e. The van der Waals surface area contributed by atoms with Gasteiger partial charge in [0.2, 0.25) is 0 Å². The number of hydrogen-bond acceptors (Lipinski definition) is 7. The van der Waals surface area contributed by atoms with Crippen molar-refractivity contribution in [2.24, 2.45) is 0 Å². The zero-order valence-corrected chi connectivity index (χ0v) is 16.7. The molecule has 8 heteroatoms. The van der Waals surface area contributed by atoms with Gasteiger partial charge in [-0.15, -0.1) is 0 Å². The molecule has 2 aromatic rings. The van der Waals surface area contributed by atoms with E-state index >= 15 is 0 Å². The lowest BCUT2D eigenvalue weighted by Crippen LogP contribution is -2.18. The highest BCUT2D eigenvalue weighted by Gasteiger charge is 2.25. The molecule has 0 aliphatic carbocycles. The van der Waals surface area contributed by atoms with Crippen molar-refractivity contribution in [1.82, 2.24) is 0 Å². The molecular formula is C19H25NO6S. The van der Waals surface area contributed by atoms with Crippen LogP contribution in [0.15, 0.2) is 30.3 Å². The van der Waals surface area contributed by atoms with Crippen LogP contribution >= 0.6 is 0 Å². The average molecular weight is 395 g/mol. The van der Waals surface area contributed by atoms with Gasteiger partial charge in [0, 0.05) is 17.7 Å². The minimum absolute atomic E-state index is 0.0188. The molecule has 148 valence electrons. The molecule has 0 fully saturated rings. The molecule has 3 N–H and O–H groups in total. The van der Waals surface area contributed by atoms with Crippen molar-refractivity contribution < 1.29 is 28.6 Å². The molecule has 7 nitrogen and oxygen atoms in total. The van der Waals surface area contributed by atoms with Gasteiger partial charge in [0.05, 0.1) is 39.7 Å². The van der Waals surface area contributed by atoms with E-state index < -0.39 is 17.3 Å². The van der Waals surface area contributed by atoms with Gasteiger partial charge in [-0.3, -0.25) is 0 Å². The highest BCUT2D eigenvalue weighted by Crippen LogP contribution is 2.39. The van der Waals surface area contributed by atoms with Gasteiger partial charge in [-0.2, -0.15) is 0 Å². The SMILES string of the molecule is COc1cc(OC)c(C(O)C[S+]([O-])Cc2ccc(OC)c(N)c2)c(OC)c1. The standard InChI is InChI=1S/C19H25NO6S/c1-23-13-8-17(25-3)19(18(9-13)26-4)15(21)11-27(22)10-12-5-6-16(24-2)14(20)7-12/h5-9,15,21H,10-11,20H2,1-4H3. The summed E-state index contributed by atoms with van der Waals surface area (Å²) in [4.78, 5) is 0. The van der Waals surface area contributed by atoms with E-state index in [0.717, 1.165) is 5.56 Å². The largest absolute Gasteiger partial charge is 0.616 e. The van der Waals surface area contributed by atoms with Crippen molar-refractivity contribution in [2.45, 2.75) is 11.9 Å². The fraction of sp³-hybridized carbons (Fsp3) is 0.368. The number of nitrogen functional groups attached to an aromatic ring is 1. The van der Waals surface area contributed by atoms with Crippen LogP contribution < -0.4 is 24.7 Å². The van der Waals surface area contributed by atoms with Gasteiger partial charge >= 0.3 is 0 Å². The highest BCUT2D eigenvalue weighted by atomic mass is 32.2. The smallest absolute Gasteiger partial charge is 0.141 e. The average Bonchev–Trinajstić information content (AvgIpc) is 2.66. The number of aliphatic hydroxyl groups excluding tert-OH is 1. The van der Waals surface area contributed by atoms with E-state index in [2.05, 4.69) is 0 Å². The van der Waals surface area contributed by atoms with Crippen LogP contribution in [0.4, 0.5) is 5.69 Å². The molecule has 27 heavy (non-hydrogen) atoms. The molecule has 2 rings (SSSR count). The Bertz CT molecular complexity index is 745. The van der Waals surface area contributed by atoms with Crippen LogP contribution in [0.2, 0.25) is 0 Å². The lowest BCUT2D eigenvalue weighted by molar-refractivity contribution is 0.191. The zero-order chi connectivity index (χ0) is 20.0. The number of anilines is 1. The minimum Gasteiger partial charge on any atom is -0.616 e. The molecule has 0 saturated carbocycles. The molecular weight excluding hydrogens is 370 g/mol. The predicted octanol–water partition coefficient (Wildman–Crippen LogP) is 2.29. The van der Waals surface area contributed by atoms with E-state index in [4.69, 9.17) is 24.7 Å². The number of hydrogen-bond donors (Lipinski definition) is 2. The lowest BCUT2D eigenvalue weighted by atomic mass is 10.1. The van der Waals surface area contributed by atoms with Crippen LogP contribution in [0, 0.1) is 0 Å². The Hall–Kier alpha value is -2.29. The maximum absolute atomic E-state index is 12.6. The third-order valence-electron chi connectivity index (χ3n) is 4.05. The van der Waals surface area contributed by atoms with Crippen molar-refractivity contribution in [2.75, 3.05) is 39.9 Å². The molecule has 0 aromatic heterocycles. The second-order valence-electron chi connectivity index (χ2n) is 5.79. The summed E-state index contributed by atoms with van der Waals surface area (Å²) < 4.78 is 33.6. The summed E-state index contributed by atoms with van der Waals surface area (Å²) in [5.41, 5.74) is 7.59. The summed E-state index contributed by atoms with van der Waals surface area (Å²) in [5, 5.41) is 10.7. The van der Waals surface area contributed by atoms with Crippen molar-refractivity contribution in [3.05, 3.63) is 41.5 Å². The minimum atomic E-state index is -1.33. The Balaban J connectivity index is 2.16. The summed E-state index contributed by atoms with van der Waals surface area (Å²) in [6.45, 7) is 0. The monoisotopic (exact) mass is 395 g/mol. The first-order chi connectivity index (χ1) is 12.9. The summed E-state index contributed by atoms with van der Waals surface area (Å²) in [5.74, 6) is 2.19. The Morgan fingerprint density at radius 1 is 0.963 bits per heavy atom. The van der Waals surface area contributed by atoms with Crippen molar-refractivity contribution in [3.8, 4) is 23.0 Å². The normalized spacial score (nSPS) is 13.0. The molecule has 2 aromatic carbocycles. The van der Waals surface area contributed by atoms with E-state index in [1.54, 1.807) is 30.3 Å². The number of nitrogens with two attached hydrogens (primary N) is 1. The zero-order valence-electron chi connectivity index (χ0n) is 15.9. The fourth-order valence-corrected chi connectivity index (χ4v) is 3.93. The van der Waals surface area contributed by atoms with Gasteiger partial charge in [-0.05, 0) is 23.3 Å². The molecule has 0 amide bonds. The maximum atomic E-state index is 12.6. The molecule has 0 heterocycles. The Labute approximate surface area is 162 Å². The molecule has 0 aliphatic heterocycles. The van der Waals surface area contributed by atoms with E-state index in [1.165, 1.54) is 28.4 Å². The van der Waals surface area contributed by atoms with E-state index in [1.807, 2.05) is 0 Å². The molecule has 0 saturated heterocycles. The summed E-state index contributed by atoms with van der Waals surface area (Å²) >= 11 is -1.33. The number of methoxy groups -OCH3 is 4. The molecule has 2 atom stereocenters. The summed E-state index contributed by atoms with van der Waals surface area (Å²) in [6.07, 6.45) is -1.03. The Morgan fingerprint density at radius 2 is 1.56 bits per heavy atom. The van der Waals surface area contributed by atoms with Crippen LogP contribution in [0.1, 0.15) is 17.2 Å². The second-order valence-corrected chi connectivity index (χ2v) is 7.29. The topological polar surface area (TPSA) is 106 Å². The number of benzene rings is 2. The molecule has 0 spiro atoms. The van der Waals surface area contributed by atoms with Crippen LogP contribution in [-0.4, -0.2) is 43.9 Å². The highest BCUT2D eigenvalue weighted by molar-refractivity contribution is 7.90. The Morgan fingerprint density at radius 3 is 2.04 bits per heavy atom. The van der Waals surface area contributed by atoms with E-state index in [0.29, 0.717) is 34.2 Å². The quantitative estimate of drug-likeness (QED) is 0.495. The van der Waals surface area contributed by atoms with Crippen LogP contribution in [0.25, 0.3) is 0 Å². The summed E-state index contributed by atoms with van der Waals surface area (Å²) in [6, 6.07) is 8.54. The van der Waals surface area contributed by atoms with E-state index in [9.17, 15) is 9.66 Å². The number of aliphatic hydroxyl groups is 1. The van der Waals surface area contributed by atoms with Gasteiger partial charge in [0.1, 0.15) is 40.6 Å². The molecule has 0 bridgehead atoms. The van der Waals surface area contributed by atoms with Crippen molar-refractivity contribution in [1.29, 1.82) is 0 Å². The molecule has 2 unspecified atom stereocenters. The van der Waals surface area contributed by atoms with Gasteiger partial charge in [-0.1, -0.05) is 6.07 Å². The fourth-order valence-electron chi connectivity index (χ4n) is 2.74. The lowest BCUT2D eigenvalue weighted by Gasteiger charge is -2.20. The third kappa shape index (κ3) is 5.12. The first-order valence-corrected chi connectivity index (χ1v) is 9.67. The van der Waals surface area contributed by atoms with Gasteiger partial charge in [-0.25, -0.2) is 0 Å². The molecule has 0 aliphatic rings. The van der Waals surface area contributed by atoms with E-state index in [-0.39, 0.29) is 11.5 Å². The second kappa shape index (κ2) is 9.59. The molecule has 0 radical (unpaired) electrons. The van der Waals surface area contributed by atoms with Crippen LogP contribution in [-0.2, 0) is 16.9 Å². The number of ether oxygens (including phenoxy) is 4. The first kappa shape index (κ1) is 21.0. The first-order valence-electron chi connectivity index (χ1n) is 8.18. The van der Waals surface area contributed by atoms with Crippen molar-refractivity contribution >= 4 is 16.9 Å². The third-order valence-corrected chi connectivity index (χ3v) is 5.39. The Kier molecular flexibility index (Phi) is 7.46. The van der Waals surface area contributed by atoms with Gasteiger partial charge in [0.15, 0.2) is 0 Å². The predicted molar refractivity (Wildman–Crippen MR) is 105 cm³/mol. The number of rotatable bonds is 9. The van der Waals surface area contributed by atoms with Crippen LogP contribution in [0.5, 0.6) is 23.0 Å². The summed E-state index contributed by atoms with van der Waals surface area (Å²) in [7, 11) is 6.04. The van der Waals surface area contributed by atoms with Crippen LogP contribution in [0.3, 0.4) is 0 Å². The van der Waals surface area contributed by atoms with Gasteiger partial charge in [0.25, 0.3) is 0 Å².